The van der Waals surface area contributed by atoms with E-state index in [0.717, 1.165) is 22.4 Å². The van der Waals surface area contributed by atoms with E-state index in [0.29, 0.717) is 16.5 Å². The fraction of sp³-hybridized carbons (Fsp3) is 0.125. The zero-order valence-corrected chi connectivity index (χ0v) is 17.7. The van der Waals surface area contributed by atoms with Gasteiger partial charge in [-0.15, -0.1) is 5.10 Å². The number of amides is 1. The molecular weight excluding hydrogens is 396 g/mol. The fourth-order valence-electron chi connectivity index (χ4n) is 3.08. The second-order valence-electron chi connectivity index (χ2n) is 7.27. The molecule has 0 atom stereocenters. The van der Waals surface area contributed by atoms with Gasteiger partial charge in [-0.1, -0.05) is 47.5 Å². The van der Waals surface area contributed by atoms with Crippen LogP contribution in [0.4, 0.5) is 5.69 Å². The van der Waals surface area contributed by atoms with E-state index in [4.69, 9.17) is 11.6 Å². The van der Waals surface area contributed by atoms with Crippen molar-refractivity contribution in [3.05, 3.63) is 94.3 Å². The summed E-state index contributed by atoms with van der Waals surface area (Å²) in [6.45, 7) is 6.09. The normalized spacial score (nSPS) is 10.8. The predicted octanol–water partition coefficient (Wildman–Crippen LogP) is 5.77. The van der Waals surface area contributed by atoms with Gasteiger partial charge in [-0.05, 0) is 68.3 Å². The highest BCUT2D eigenvalue weighted by atomic mass is 35.5. The molecule has 3 aromatic carbocycles. The lowest BCUT2D eigenvalue weighted by atomic mass is 10.1. The molecule has 1 amide bonds. The summed E-state index contributed by atoms with van der Waals surface area (Å²) in [7, 11) is 0. The molecule has 0 unspecified atom stereocenters. The standard InChI is InChI=1S/C24H21ClN4O/c1-15-7-10-20(11-8-15)26-24(30)22-27-23(18-5-4-6-19(25)14-18)29(28-22)21-12-9-16(2)17(3)13-21/h4-14H,1-3H3,(H,26,30). The van der Waals surface area contributed by atoms with Gasteiger partial charge in [-0.3, -0.25) is 4.79 Å². The molecule has 0 fully saturated rings. The maximum Gasteiger partial charge on any atom is 0.295 e. The largest absolute Gasteiger partial charge is 0.319 e. The highest BCUT2D eigenvalue weighted by molar-refractivity contribution is 6.30. The molecule has 0 bridgehead atoms. The number of aryl methyl sites for hydroxylation is 3. The zero-order valence-electron chi connectivity index (χ0n) is 17.0. The topological polar surface area (TPSA) is 59.8 Å². The molecule has 0 saturated heterocycles. The molecule has 0 saturated carbocycles. The molecule has 4 aromatic rings. The number of aromatic nitrogens is 3. The van der Waals surface area contributed by atoms with E-state index in [1.165, 1.54) is 5.56 Å². The molecule has 30 heavy (non-hydrogen) atoms. The van der Waals surface area contributed by atoms with Gasteiger partial charge in [0.25, 0.3) is 5.91 Å². The minimum Gasteiger partial charge on any atom is -0.319 e. The van der Waals surface area contributed by atoms with Crippen LogP contribution in [0.1, 0.15) is 27.3 Å². The summed E-state index contributed by atoms with van der Waals surface area (Å²) in [6.07, 6.45) is 0. The smallest absolute Gasteiger partial charge is 0.295 e. The molecule has 1 heterocycles. The number of anilines is 1. The molecule has 0 radical (unpaired) electrons. The van der Waals surface area contributed by atoms with Gasteiger partial charge in [0.1, 0.15) is 0 Å². The molecule has 1 aromatic heterocycles. The number of nitrogens with zero attached hydrogens (tertiary/aromatic N) is 3. The number of carbonyl (C=O) groups is 1. The van der Waals surface area contributed by atoms with Crippen molar-refractivity contribution in [1.29, 1.82) is 0 Å². The molecule has 0 aliphatic heterocycles. The minimum absolute atomic E-state index is 0.0868. The third-order valence-electron chi connectivity index (χ3n) is 4.94. The van der Waals surface area contributed by atoms with E-state index in [1.54, 1.807) is 10.7 Å². The summed E-state index contributed by atoms with van der Waals surface area (Å²) in [6, 6.07) is 21.0. The maximum absolute atomic E-state index is 12.8. The molecule has 5 nitrogen and oxygen atoms in total. The Morgan fingerprint density at radius 2 is 1.70 bits per heavy atom. The van der Waals surface area contributed by atoms with Crippen molar-refractivity contribution in [2.45, 2.75) is 20.8 Å². The van der Waals surface area contributed by atoms with Crippen LogP contribution >= 0.6 is 11.6 Å². The molecule has 0 aliphatic carbocycles. The van der Waals surface area contributed by atoms with Gasteiger partial charge in [0.15, 0.2) is 5.82 Å². The highest BCUT2D eigenvalue weighted by Crippen LogP contribution is 2.25. The number of benzene rings is 3. The van der Waals surface area contributed by atoms with Crippen molar-refractivity contribution in [3.63, 3.8) is 0 Å². The van der Waals surface area contributed by atoms with Gasteiger partial charge in [-0.2, -0.15) is 0 Å². The number of carbonyl (C=O) groups excluding carboxylic acids is 1. The van der Waals surface area contributed by atoms with E-state index in [-0.39, 0.29) is 11.7 Å². The van der Waals surface area contributed by atoms with Gasteiger partial charge >= 0.3 is 0 Å². The number of rotatable bonds is 4. The second-order valence-corrected chi connectivity index (χ2v) is 7.71. The molecule has 0 aliphatic rings. The van der Waals surface area contributed by atoms with Crippen LogP contribution in [0.3, 0.4) is 0 Å². The Kier molecular flexibility index (Phi) is 5.38. The Morgan fingerprint density at radius 1 is 0.933 bits per heavy atom. The van der Waals surface area contributed by atoms with Crippen LogP contribution in [0, 0.1) is 20.8 Å². The number of hydrogen-bond acceptors (Lipinski definition) is 3. The summed E-state index contributed by atoms with van der Waals surface area (Å²) >= 11 is 6.19. The van der Waals surface area contributed by atoms with Crippen molar-refractivity contribution in [3.8, 4) is 17.1 Å². The first-order valence-corrected chi connectivity index (χ1v) is 9.97. The Labute approximate surface area is 180 Å². The van der Waals surface area contributed by atoms with Gasteiger partial charge < -0.3 is 5.32 Å². The van der Waals surface area contributed by atoms with Crippen LogP contribution in [0.5, 0.6) is 0 Å². The van der Waals surface area contributed by atoms with E-state index in [1.807, 2.05) is 74.5 Å². The van der Waals surface area contributed by atoms with Crippen molar-refractivity contribution >= 4 is 23.2 Å². The first kappa shape index (κ1) is 19.9. The molecule has 150 valence electrons. The monoisotopic (exact) mass is 416 g/mol. The lowest BCUT2D eigenvalue weighted by Gasteiger charge is -2.08. The summed E-state index contributed by atoms with van der Waals surface area (Å²) in [5, 5.41) is 7.97. The fourth-order valence-corrected chi connectivity index (χ4v) is 3.27. The van der Waals surface area contributed by atoms with Crippen LogP contribution in [-0.2, 0) is 0 Å². The number of halogens is 1. The Hall–Kier alpha value is -3.44. The summed E-state index contributed by atoms with van der Waals surface area (Å²) in [5.41, 5.74) is 5.73. The van der Waals surface area contributed by atoms with Gasteiger partial charge in [0.2, 0.25) is 5.82 Å². The lowest BCUT2D eigenvalue weighted by molar-refractivity contribution is 0.101. The third-order valence-corrected chi connectivity index (χ3v) is 5.17. The van der Waals surface area contributed by atoms with E-state index in [9.17, 15) is 4.79 Å². The molecule has 4 rings (SSSR count). The van der Waals surface area contributed by atoms with Crippen LogP contribution in [-0.4, -0.2) is 20.7 Å². The van der Waals surface area contributed by atoms with Crippen molar-refractivity contribution in [2.24, 2.45) is 0 Å². The van der Waals surface area contributed by atoms with E-state index < -0.39 is 0 Å². The number of nitrogens with one attached hydrogen (secondary N) is 1. The first-order valence-electron chi connectivity index (χ1n) is 9.59. The number of hydrogen-bond donors (Lipinski definition) is 1. The summed E-state index contributed by atoms with van der Waals surface area (Å²) < 4.78 is 1.68. The summed E-state index contributed by atoms with van der Waals surface area (Å²) in [4.78, 5) is 17.4. The van der Waals surface area contributed by atoms with Crippen molar-refractivity contribution in [2.75, 3.05) is 5.32 Å². The average Bonchev–Trinajstić information content (AvgIpc) is 3.17. The predicted molar refractivity (Wildman–Crippen MR) is 120 cm³/mol. The van der Waals surface area contributed by atoms with Crippen LogP contribution in [0.25, 0.3) is 17.1 Å². The Balaban J connectivity index is 1.77. The SMILES string of the molecule is Cc1ccc(NC(=O)c2nc(-c3cccc(Cl)c3)n(-c3ccc(C)c(C)c3)n2)cc1. The van der Waals surface area contributed by atoms with Crippen molar-refractivity contribution in [1.82, 2.24) is 14.8 Å². The van der Waals surface area contributed by atoms with E-state index >= 15 is 0 Å². The Bertz CT molecular complexity index is 1230. The van der Waals surface area contributed by atoms with Gasteiger partial charge in [0.05, 0.1) is 5.69 Å². The second kappa shape index (κ2) is 8.13. The summed E-state index contributed by atoms with van der Waals surface area (Å²) in [5.74, 6) is 0.267. The Morgan fingerprint density at radius 3 is 2.40 bits per heavy atom. The molecular formula is C24H21ClN4O. The van der Waals surface area contributed by atoms with Crippen molar-refractivity contribution < 1.29 is 4.79 Å². The quantitative estimate of drug-likeness (QED) is 0.459. The van der Waals surface area contributed by atoms with Crippen LogP contribution < -0.4 is 5.32 Å². The average molecular weight is 417 g/mol. The minimum atomic E-state index is -0.371. The zero-order chi connectivity index (χ0) is 21.3. The van der Waals surface area contributed by atoms with E-state index in [2.05, 4.69) is 22.3 Å². The third kappa shape index (κ3) is 4.11. The molecule has 0 spiro atoms. The molecule has 1 N–H and O–H groups in total. The maximum atomic E-state index is 12.8. The molecule has 6 heteroatoms. The van der Waals surface area contributed by atoms with Gasteiger partial charge in [-0.25, -0.2) is 9.67 Å². The first-order chi connectivity index (χ1) is 14.4. The highest BCUT2D eigenvalue weighted by Gasteiger charge is 2.19. The van der Waals surface area contributed by atoms with Gasteiger partial charge in [0, 0.05) is 16.3 Å². The van der Waals surface area contributed by atoms with Crippen LogP contribution in [0.15, 0.2) is 66.7 Å². The lowest BCUT2D eigenvalue weighted by Crippen LogP contribution is -2.14. The van der Waals surface area contributed by atoms with Crippen LogP contribution in [0.2, 0.25) is 5.02 Å².